The molecule has 4 rings (SSSR count). The molecular weight excluding hydrogens is 314 g/mol. The highest BCUT2D eigenvalue weighted by Crippen LogP contribution is 2.27. The monoisotopic (exact) mass is 331 g/mol. The summed E-state index contributed by atoms with van der Waals surface area (Å²) in [6, 6.07) is 2.04. The lowest BCUT2D eigenvalue weighted by Gasteiger charge is -2.36. The normalized spacial score (nSPS) is 21.7. The maximum atomic E-state index is 12.5. The third-order valence-corrected chi connectivity index (χ3v) is 5.28. The van der Waals surface area contributed by atoms with Crippen LogP contribution in [0.15, 0.2) is 17.8 Å². The van der Waals surface area contributed by atoms with Crippen LogP contribution < -0.4 is 10.2 Å². The van der Waals surface area contributed by atoms with E-state index in [2.05, 4.69) is 20.2 Å². The van der Waals surface area contributed by atoms with E-state index < -0.39 is 0 Å². The van der Waals surface area contributed by atoms with Gasteiger partial charge in [-0.2, -0.15) is 0 Å². The van der Waals surface area contributed by atoms with Crippen LogP contribution in [-0.4, -0.2) is 59.4 Å². The average molecular weight is 331 g/mol. The highest BCUT2D eigenvalue weighted by molar-refractivity contribution is 7.16. The van der Waals surface area contributed by atoms with Crippen LogP contribution in [0.2, 0.25) is 0 Å². The minimum Gasteiger partial charge on any atom is -0.355 e. The van der Waals surface area contributed by atoms with Gasteiger partial charge in [0.05, 0.1) is 11.3 Å². The van der Waals surface area contributed by atoms with Crippen molar-refractivity contribution in [1.29, 1.82) is 0 Å². The number of piperazine rings is 1. The molecule has 1 N–H and O–H groups in total. The summed E-state index contributed by atoms with van der Waals surface area (Å²) in [4.78, 5) is 37.5. The molecule has 2 saturated heterocycles. The molecule has 2 aliphatic heterocycles. The van der Waals surface area contributed by atoms with Gasteiger partial charge < -0.3 is 15.1 Å². The van der Waals surface area contributed by atoms with Gasteiger partial charge in [0.15, 0.2) is 0 Å². The van der Waals surface area contributed by atoms with E-state index in [0.29, 0.717) is 26.1 Å². The Balaban J connectivity index is 1.44. The van der Waals surface area contributed by atoms with Crippen molar-refractivity contribution in [1.82, 2.24) is 20.2 Å². The lowest BCUT2D eigenvalue weighted by Crippen LogP contribution is -2.51. The number of aromatic nitrogens is 2. The van der Waals surface area contributed by atoms with Crippen molar-refractivity contribution < 1.29 is 9.59 Å². The van der Waals surface area contributed by atoms with Gasteiger partial charge in [0.2, 0.25) is 11.8 Å². The zero-order chi connectivity index (χ0) is 15.8. The minimum absolute atomic E-state index is 0.0252. The predicted molar refractivity (Wildman–Crippen MR) is 87.3 cm³/mol. The molecule has 2 aromatic rings. The van der Waals surface area contributed by atoms with Crippen LogP contribution in [-0.2, 0) is 9.59 Å². The van der Waals surface area contributed by atoms with E-state index in [9.17, 15) is 9.59 Å². The van der Waals surface area contributed by atoms with E-state index in [0.717, 1.165) is 29.1 Å². The van der Waals surface area contributed by atoms with Crippen molar-refractivity contribution in [3.8, 4) is 0 Å². The summed E-state index contributed by atoms with van der Waals surface area (Å²) < 4.78 is 0. The van der Waals surface area contributed by atoms with Gasteiger partial charge in [-0.25, -0.2) is 9.97 Å². The zero-order valence-electron chi connectivity index (χ0n) is 12.6. The molecule has 23 heavy (non-hydrogen) atoms. The highest BCUT2D eigenvalue weighted by Gasteiger charge is 2.33. The maximum absolute atomic E-state index is 12.5. The van der Waals surface area contributed by atoms with E-state index >= 15 is 0 Å². The Hall–Kier alpha value is -2.22. The SMILES string of the molecule is O=C1CC(C(=O)N2CCN(c3ncnc4sccc34)CC2)CN1. The van der Waals surface area contributed by atoms with Crippen LogP contribution >= 0.6 is 11.3 Å². The molecule has 1 unspecified atom stereocenters. The minimum atomic E-state index is -0.198. The summed E-state index contributed by atoms with van der Waals surface area (Å²) in [5.41, 5.74) is 0. The Morgan fingerprint density at radius 3 is 2.83 bits per heavy atom. The number of rotatable bonds is 2. The number of nitrogens with one attached hydrogen (secondary N) is 1. The first-order valence-corrected chi connectivity index (χ1v) is 8.59. The Labute approximate surface area is 137 Å². The van der Waals surface area contributed by atoms with Crippen molar-refractivity contribution in [2.75, 3.05) is 37.6 Å². The van der Waals surface area contributed by atoms with Gasteiger partial charge in [-0.3, -0.25) is 9.59 Å². The van der Waals surface area contributed by atoms with Crippen molar-refractivity contribution in [2.45, 2.75) is 6.42 Å². The molecule has 2 amide bonds. The molecule has 8 heteroatoms. The first kappa shape index (κ1) is 14.4. The standard InChI is InChI=1S/C15H17N5O2S/c21-12-7-10(8-16-12)15(22)20-4-2-19(3-5-20)13-11-1-6-23-14(11)18-9-17-13/h1,6,9-10H,2-5,7-8H2,(H,16,21). The number of nitrogens with zero attached hydrogens (tertiary/aromatic N) is 4. The number of carbonyl (C=O) groups is 2. The first-order valence-electron chi connectivity index (χ1n) is 7.71. The number of amides is 2. The van der Waals surface area contributed by atoms with Gasteiger partial charge in [-0.1, -0.05) is 0 Å². The lowest BCUT2D eigenvalue weighted by atomic mass is 10.1. The second kappa shape index (κ2) is 5.77. The molecule has 7 nitrogen and oxygen atoms in total. The van der Waals surface area contributed by atoms with Crippen LogP contribution in [0.1, 0.15) is 6.42 Å². The zero-order valence-corrected chi connectivity index (χ0v) is 13.4. The van der Waals surface area contributed by atoms with Crippen molar-refractivity contribution in [3.63, 3.8) is 0 Å². The topological polar surface area (TPSA) is 78.4 Å². The number of carbonyl (C=O) groups excluding carboxylic acids is 2. The molecule has 1 atom stereocenters. The van der Waals surface area contributed by atoms with Gasteiger partial charge in [-0.05, 0) is 11.4 Å². The quantitative estimate of drug-likeness (QED) is 0.866. The Kier molecular flexibility index (Phi) is 3.60. The largest absolute Gasteiger partial charge is 0.355 e. The Morgan fingerprint density at radius 2 is 2.09 bits per heavy atom. The van der Waals surface area contributed by atoms with E-state index in [1.54, 1.807) is 17.7 Å². The molecule has 2 fully saturated rings. The fraction of sp³-hybridized carbons (Fsp3) is 0.467. The summed E-state index contributed by atoms with van der Waals surface area (Å²) in [6.07, 6.45) is 1.92. The molecule has 0 bridgehead atoms. The average Bonchev–Trinajstić information content (AvgIpc) is 3.22. The smallest absolute Gasteiger partial charge is 0.228 e. The molecule has 0 aromatic carbocycles. The molecule has 120 valence electrons. The predicted octanol–water partition coefficient (Wildman–Crippen LogP) is 0.476. The second-order valence-corrected chi connectivity index (χ2v) is 6.75. The molecule has 0 radical (unpaired) electrons. The number of fused-ring (bicyclic) bond motifs is 1. The molecule has 2 aromatic heterocycles. The summed E-state index contributed by atoms with van der Waals surface area (Å²) in [5.74, 6) is 0.812. The van der Waals surface area contributed by atoms with Gasteiger partial charge in [-0.15, -0.1) is 11.3 Å². The molecule has 0 saturated carbocycles. The third kappa shape index (κ3) is 2.63. The van der Waals surface area contributed by atoms with Gasteiger partial charge in [0, 0.05) is 39.1 Å². The van der Waals surface area contributed by atoms with E-state index in [1.165, 1.54) is 0 Å². The van der Waals surface area contributed by atoms with Crippen molar-refractivity contribution >= 4 is 39.2 Å². The third-order valence-electron chi connectivity index (χ3n) is 4.46. The van der Waals surface area contributed by atoms with Gasteiger partial charge in [0.25, 0.3) is 0 Å². The van der Waals surface area contributed by atoms with Crippen LogP contribution in [0, 0.1) is 5.92 Å². The first-order chi connectivity index (χ1) is 11.2. The van der Waals surface area contributed by atoms with Crippen LogP contribution in [0.5, 0.6) is 0 Å². The lowest BCUT2D eigenvalue weighted by molar-refractivity contribution is -0.136. The number of hydrogen-bond donors (Lipinski definition) is 1. The Morgan fingerprint density at radius 1 is 1.26 bits per heavy atom. The summed E-state index contributed by atoms with van der Waals surface area (Å²) >= 11 is 1.61. The number of hydrogen-bond acceptors (Lipinski definition) is 6. The van der Waals surface area contributed by atoms with E-state index in [-0.39, 0.29) is 17.7 Å². The maximum Gasteiger partial charge on any atom is 0.228 e. The fourth-order valence-corrected chi connectivity index (χ4v) is 3.93. The number of thiophene rings is 1. The van der Waals surface area contributed by atoms with Crippen LogP contribution in [0.4, 0.5) is 5.82 Å². The van der Waals surface area contributed by atoms with Gasteiger partial charge in [0.1, 0.15) is 17.0 Å². The van der Waals surface area contributed by atoms with Gasteiger partial charge >= 0.3 is 0 Å². The van der Waals surface area contributed by atoms with Crippen LogP contribution in [0.3, 0.4) is 0 Å². The molecule has 0 aliphatic carbocycles. The van der Waals surface area contributed by atoms with E-state index in [4.69, 9.17) is 0 Å². The molecule has 2 aliphatic rings. The van der Waals surface area contributed by atoms with Crippen molar-refractivity contribution in [3.05, 3.63) is 17.8 Å². The number of anilines is 1. The molecule has 0 spiro atoms. The Bertz CT molecular complexity index is 753. The van der Waals surface area contributed by atoms with E-state index in [1.807, 2.05) is 16.3 Å². The summed E-state index contributed by atoms with van der Waals surface area (Å²) in [6.45, 7) is 3.31. The fourth-order valence-electron chi connectivity index (χ4n) is 3.21. The summed E-state index contributed by atoms with van der Waals surface area (Å²) in [7, 11) is 0. The molecule has 4 heterocycles. The van der Waals surface area contributed by atoms with Crippen LogP contribution in [0.25, 0.3) is 10.2 Å². The summed E-state index contributed by atoms with van der Waals surface area (Å²) in [5, 5.41) is 5.82. The highest BCUT2D eigenvalue weighted by atomic mass is 32.1. The molecular formula is C15H17N5O2S. The second-order valence-electron chi connectivity index (χ2n) is 5.85. The van der Waals surface area contributed by atoms with Crippen molar-refractivity contribution in [2.24, 2.45) is 5.92 Å².